The molecule has 3 aromatic carbocycles. The number of aromatic nitrogens is 1. The molecule has 4 aromatic rings. The van der Waals surface area contributed by atoms with Gasteiger partial charge in [0.05, 0.1) is 22.2 Å². The predicted molar refractivity (Wildman–Crippen MR) is 148 cm³/mol. The molecule has 0 saturated carbocycles. The van der Waals surface area contributed by atoms with Gasteiger partial charge in [-0.25, -0.2) is 8.42 Å². The van der Waals surface area contributed by atoms with E-state index in [2.05, 4.69) is 4.99 Å². The average Bonchev–Trinajstić information content (AvgIpc) is 3.26. The number of methoxy groups -OCH3 is 1. The van der Waals surface area contributed by atoms with E-state index >= 15 is 0 Å². The highest BCUT2D eigenvalue weighted by atomic mass is 35.5. The Morgan fingerprint density at radius 1 is 1.05 bits per heavy atom. The normalized spacial score (nSPS) is 12.3. The summed E-state index contributed by atoms with van der Waals surface area (Å²) in [5, 5.41) is 0.525. The van der Waals surface area contributed by atoms with E-state index in [1.165, 1.54) is 47.0 Å². The number of thiazole rings is 1. The number of esters is 1. The number of hydrogen-bond donors (Lipinski definition) is 0. The van der Waals surface area contributed by atoms with Crippen molar-refractivity contribution in [1.29, 1.82) is 0 Å². The van der Waals surface area contributed by atoms with Gasteiger partial charge in [0.2, 0.25) is 10.0 Å². The van der Waals surface area contributed by atoms with Crippen LogP contribution in [0.3, 0.4) is 0 Å². The Labute approximate surface area is 229 Å². The molecule has 0 spiro atoms. The SMILES string of the molecule is CCN(Cc1ccccc1)S(=O)(=O)c1ccc(C(=O)N=c2sc3ccc(Cl)c(C)c3n2CC(=O)OC)cc1. The smallest absolute Gasteiger partial charge is 0.325 e. The standard InChI is InChI=1S/C27H26ClN3O5S2/c1-4-30(16-19-8-6-5-7-9-19)38(34,35)21-12-10-20(11-13-21)26(33)29-27-31(17-24(32)36-3)25-18(2)22(28)14-15-23(25)37-27/h5-15H,4,16-17H2,1-3H3. The van der Waals surface area contributed by atoms with E-state index in [9.17, 15) is 18.0 Å². The van der Waals surface area contributed by atoms with Gasteiger partial charge in [-0.3, -0.25) is 9.59 Å². The van der Waals surface area contributed by atoms with E-state index in [0.29, 0.717) is 21.9 Å². The second-order valence-corrected chi connectivity index (χ2v) is 11.8. The van der Waals surface area contributed by atoms with Gasteiger partial charge in [-0.15, -0.1) is 0 Å². The van der Waals surface area contributed by atoms with Gasteiger partial charge in [-0.1, -0.05) is 60.2 Å². The lowest BCUT2D eigenvalue weighted by molar-refractivity contribution is -0.141. The van der Waals surface area contributed by atoms with Crippen LogP contribution >= 0.6 is 22.9 Å². The van der Waals surface area contributed by atoms with Crippen LogP contribution in [0.5, 0.6) is 0 Å². The number of halogens is 1. The van der Waals surface area contributed by atoms with Crippen LogP contribution in [-0.2, 0) is 32.6 Å². The number of nitrogens with zero attached hydrogens (tertiary/aromatic N) is 3. The van der Waals surface area contributed by atoms with E-state index < -0.39 is 21.9 Å². The van der Waals surface area contributed by atoms with Crippen molar-refractivity contribution >= 4 is 55.1 Å². The quantitative estimate of drug-likeness (QED) is 0.283. The molecule has 0 aliphatic heterocycles. The topological polar surface area (TPSA) is 98.0 Å². The summed E-state index contributed by atoms with van der Waals surface area (Å²) in [6, 6.07) is 18.6. The summed E-state index contributed by atoms with van der Waals surface area (Å²) in [6.45, 7) is 4.00. The molecule has 0 radical (unpaired) electrons. The second kappa shape index (κ2) is 11.6. The minimum absolute atomic E-state index is 0.0831. The van der Waals surface area contributed by atoms with Gasteiger partial charge >= 0.3 is 5.97 Å². The number of ether oxygens (including phenoxy) is 1. The Morgan fingerprint density at radius 2 is 1.74 bits per heavy atom. The molecule has 0 unspecified atom stereocenters. The number of fused-ring (bicyclic) bond motifs is 1. The Morgan fingerprint density at radius 3 is 2.37 bits per heavy atom. The summed E-state index contributed by atoms with van der Waals surface area (Å²) in [6.07, 6.45) is 0. The van der Waals surface area contributed by atoms with Crippen molar-refractivity contribution in [3.63, 3.8) is 0 Å². The molecule has 0 bridgehead atoms. The number of carbonyl (C=O) groups excluding carboxylic acids is 2. The van der Waals surface area contributed by atoms with Crippen LogP contribution in [0.2, 0.25) is 5.02 Å². The maximum absolute atomic E-state index is 13.2. The average molecular weight is 572 g/mol. The van der Waals surface area contributed by atoms with Crippen LogP contribution in [0.4, 0.5) is 0 Å². The second-order valence-electron chi connectivity index (χ2n) is 8.42. The lowest BCUT2D eigenvalue weighted by atomic mass is 10.2. The van der Waals surface area contributed by atoms with Crippen LogP contribution in [0.15, 0.2) is 76.6 Å². The third-order valence-corrected chi connectivity index (χ3v) is 9.42. The molecular weight excluding hydrogens is 546 g/mol. The summed E-state index contributed by atoms with van der Waals surface area (Å²) in [5.41, 5.74) is 2.54. The molecule has 0 N–H and O–H groups in total. The Kier molecular flexibility index (Phi) is 8.47. The molecule has 11 heteroatoms. The summed E-state index contributed by atoms with van der Waals surface area (Å²) >= 11 is 7.54. The van der Waals surface area contributed by atoms with Crippen LogP contribution in [-0.4, -0.2) is 42.8 Å². The van der Waals surface area contributed by atoms with Crippen molar-refractivity contribution in [3.8, 4) is 0 Å². The molecule has 4 rings (SSSR count). The molecule has 1 aromatic heterocycles. The van der Waals surface area contributed by atoms with Gasteiger partial charge < -0.3 is 9.30 Å². The van der Waals surface area contributed by atoms with Gasteiger partial charge in [-0.2, -0.15) is 9.30 Å². The third-order valence-electron chi connectivity index (χ3n) is 6.04. The van der Waals surface area contributed by atoms with E-state index in [-0.39, 0.29) is 23.5 Å². The molecule has 8 nitrogen and oxygen atoms in total. The fourth-order valence-corrected chi connectivity index (χ4v) is 6.64. The number of hydrogen-bond acceptors (Lipinski definition) is 6. The monoisotopic (exact) mass is 571 g/mol. The van der Waals surface area contributed by atoms with Gasteiger partial charge in [0.25, 0.3) is 5.91 Å². The fourth-order valence-electron chi connectivity index (χ4n) is 3.96. The number of aryl methyl sites for hydroxylation is 1. The molecule has 0 saturated heterocycles. The molecule has 38 heavy (non-hydrogen) atoms. The summed E-state index contributed by atoms with van der Waals surface area (Å²) in [7, 11) is -2.49. The Bertz CT molecular complexity index is 1660. The Balaban J connectivity index is 1.66. The maximum atomic E-state index is 13.2. The highest BCUT2D eigenvalue weighted by Gasteiger charge is 2.24. The maximum Gasteiger partial charge on any atom is 0.325 e. The molecular formula is C27H26ClN3O5S2. The van der Waals surface area contributed by atoms with Crippen molar-refractivity contribution in [1.82, 2.24) is 8.87 Å². The molecule has 1 heterocycles. The largest absolute Gasteiger partial charge is 0.468 e. The molecule has 0 atom stereocenters. The minimum Gasteiger partial charge on any atom is -0.468 e. The number of amides is 1. The van der Waals surface area contributed by atoms with Crippen molar-refractivity contribution in [3.05, 3.63) is 93.2 Å². The number of rotatable bonds is 8. The van der Waals surface area contributed by atoms with E-state index in [1.54, 1.807) is 23.6 Å². The molecule has 0 aliphatic carbocycles. The molecule has 1 amide bonds. The molecule has 198 valence electrons. The van der Waals surface area contributed by atoms with Crippen molar-refractivity contribution in [2.24, 2.45) is 4.99 Å². The number of benzene rings is 3. The van der Waals surface area contributed by atoms with Crippen LogP contribution in [0.25, 0.3) is 10.2 Å². The van der Waals surface area contributed by atoms with Crippen LogP contribution < -0.4 is 4.80 Å². The van der Waals surface area contributed by atoms with Crippen molar-refractivity contribution in [2.75, 3.05) is 13.7 Å². The Hall–Kier alpha value is -3.31. The van der Waals surface area contributed by atoms with Crippen molar-refractivity contribution < 1.29 is 22.7 Å². The molecule has 0 aliphatic rings. The van der Waals surface area contributed by atoms with E-state index in [0.717, 1.165) is 15.8 Å². The van der Waals surface area contributed by atoms with Crippen molar-refractivity contribution in [2.45, 2.75) is 31.8 Å². The van der Waals surface area contributed by atoms with Crippen LogP contribution in [0, 0.1) is 6.92 Å². The zero-order valence-electron chi connectivity index (χ0n) is 21.0. The highest BCUT2D eigenvalue weighted by Crippen LogP contribution is 2.27. The first kappa shape index (κ1) is 27.7. The van der Waals surface area contributed by atoms with E-state index in [4.69, 9.17) is 16.3 Å². The first-order chi connectivity index (χ1) is 18.1. The summed E-state index contributed by atoms with van der Waals surface area (Å²) in [5.74, 6) is -1.07. The lowest BCUT2D eigenvalue weighted by Gasteiger charge is -2.20. The third kappa shape index (κ3) is 5.73. The predicted octanol–water partition coefficient (Wildman–Crippen LogP) is 4.79. The number of carbonyl (C=O) groups is 2. The lowest BCUT2D eigenvalue weighted by Crippen LogP contribution is -2.30. The van der Waals surface area contributed by atoms with Gasteiger partial charge in [0.1, 0.15) is 6.54 Å². The fraction of sp³-hybridized carbons (Fsp3) is 0.222. The highest BCUT2D eigenvalue weighted by molar-refractivity contribution is 7.89. The first-order valence-electron chi connectivity index (χ1n) is 11.7. The number of sulfonamides is 1. The van der Waals surface area contributed by atoms with Gasteiger partial charge in [-0.05, 0) is 54.4 Å². The first-order valence-corrected chi connectivity index (χ1v) is 14.4. The zero-order valence-corrected chi connectivity index (χ0v) is 23.4. The van der Waals surface area contributed by atoms with E-state index in [1.807, 2.05) is 37.3 Å². The van der Waals surface area contributed by atoms with Gasteiger partial charge in [0.15, 0.2) is 4.80 Å². The summed E-state index contributed by atoms with van der Waals surface area (Å²) in [4.78, 5) is 29.8. The summed E-state index contributed by atoms with van der Waals surface area (Å²) < 4.78 is 35.1. The van der Waals surface area contributed by atoms with Gasteiger partial charge in [0, 0.05) is 23.7 Å². The van der Waals surface area contributed by atoms with Crippen LogP contribution in [0.1, 0.15) is 28.4 Å². The minimum atomic E-state index is -3.77. The zero-order chi connectivity index (χ0) is 27.4. The molecule has 0 fully saturated rings.